The molecule has 1 amide bonds. The van der Waals surface area contributed by atoms with Crippen molar-refractivity contribution in [3.63, 3.8) is 0 Å². The Morgan fingerprint density at radius 1 is 1.15 bits per heavy atom. The fourth-order valence-corrected chi connectivity index (χ4v) is 3.64. The first-order valence-electron chi connectivity index (χ1n) is 9.12. The fraction of sp³-hybridized carbons (Fsp3) is 0.722. The van der Waals surface area contributed by atoms with Crippen LogP contribution in [0, 0.1) is 5.92 Å². The van der Waals surface area contributed by atoms with E-state index in [2.05, 4.69) is 5.10 Å². The number of halogens is 3. The van der Waals surface area contributed by atoms with Gasteiger partial charge in [-0.3, -0.25) is 14.5 Å². The predicted octanol–water partition coefficient (Wildman–Crippen LogP) is 1.64. The third-order valence-corrected chi connectivity index (χ3v) is 5.13. The summed E-state index contributed by atoms with van der Waals surface area (Å²) in [5.41, 5.74) is 0.487. The highest BCUT2D eigenvalue weighted by molar-refractivity contribution is 5.84. The Labute approximate surface area is 155 Å². The first kappa shape index (κ1) is 19.9. The van der Waals surface area contributed by atoms with E-state index in [0.717, 1.165) is 10.6 Å². The lowest BCUT2D eigenvalue weighted by atomic mass is 9.92. The van der Waals surface area contributed by atoms with E-state index in [4.69, 9.17) is 0 Å². The zero-order valence-corrected chi connectivity index (χ0v) is 15.8. The van der Waals surface area contributed by atoms with Gasteiger partial charge in [-0.2, -0.15) is 18.3 Å². The molecule has 1 aromatic heterocycles. The molecule has 0 radical (unpaired) electrons. The molecule has 27 heavy (non-hydrogen) atoms. The lowest BCUT2D eigenvalue weighted by Crippen LogP contribution is -2.56. The Bertz CT molecular complexity index is 763. The lowest BCUT2D eigenvalue weighted by Gasteiger charge is -2.42. The van der Waals surface area contributed by atoms with Crippen molar-refractivity contribution in [3.05, 3.63) is 28.2 Å². The molecule has 0 saturated carbocycles. The number of alkyl halides is 3. The molecular weight excluding hydrogens is 361 g/mol. The van der Waals surface area contributed by atoms with Gasteiger partial charge in [0.2, 0.25) is 5.91 Å². The normalized spacial score (nSPS) is 22.4. The van der Waals surface area contributed by atoms with Crippen molar-refractivity contribution < 1.29 is 18.0 Å². The molecule has 2 aliphatic heterocycles. The van der Waals surface area contributed by atoms with Crippen molar-refractivity contribution in [2.24, 2.45) is 5.92 Å². The van der Waals surface area contributed by atoms with Crippen LogP contribution in [0.4, 0.5) is 13.2 Å². The van der Waals surface area contributed by atoms with Crippen LogP contribution in [0.15, 0.2) is 16.9 Å². The summed E-state index contributed by atoms with van der Waals surface area (Å²) in [6.45, 7) is 6.65. The van der Waals surface area contributed by atoms with Crippen LogP contribution >= 0.6 is 0 Å². The number of hydrogen-bond acceptors (Lipinski definition) is 4. The van der Waals surface area contributed by atoms with E-state index in [1.165, 1.54) is 10.7 Å². The van der Waals surface area contributed by atoms with E-state index >= 15 is 0 Å². The van der Waals surface area contributed by atoms with Gasteiger partial charge in [0, 0.05) is 37.0 Å². The summed E-state index contributed by atoms with van der Waals surface area (Å²) in [4.78, 5) is 27.1. The number of amides is 1. The van der Waals surface area contributed by atoms with Crippen LogP contribution in [0.1, 0.15) is 32.9 Å². The van der Waals surface area contributed by atoms with E-state index in [9.17, 15) is 22.8 Å². The Balaban J connectivity index is 1.57. The van der Waals surface area contributed by atoms with Gasteiger partial charge in [0.15, 0.2) is 0 Å². The summed E-state index contributed by atoms with van der Waals surface area (Å²) >= 11 is 0. The standard InChI is InChI=1S/C18H25F3N4O2/c1-17(2,3)14-4-5-15(26)25(22-14)10-12-8-24(9-12)13-6-7-23(16(13)27)11-18(19,20)21/h4-5,12-13H,6-11H2,1-3H3. The van der Waals surface area contributed by atoms with Gasteiger partial charge in [-0.1, -0.05) is 20.8 Å². The van der Waals surface area contributed by atoms with Crippen LogP contribution in [0.25, 0.3) is 0 Å². The predicted molar refractivity (Wildman–Crippen MR) is 93.3 cm³/mol. The zero-order valence-electron chi connectivity index (χ0n) is 15.8. The molecule has 0 aliphatic carbocycles. The van der Waals surface area contributed by atoms with Gasteiger partial charge in [0.25, 0.3) is 5.56 Å². The van der Waals surface area contributed by atoms with E-state index in [1.807, 2.05) is 25.7 Å². The number of carbonyl (C=O) groups is 1. The summed E-state index contributed by atoms with van der Waals surface area (Å²) in [7, 11) is 0. The van der Waals surface area contributed by atoms with Gasteiger partial charge in [0.05, 0.1) is 18.3 Å². The minimum atomic E-state index is -4.37. The molecule has 6 nitrogen and oxygen atoms in total. The minimum Gasteiger partial charge on any atom is -0.332 e. The average molecular weight is 386 g/mol. The molecule has 0 N–H and O–H groups in total. The van der Waals surface area contributed by atoms with Gasteiger partial charge >= 0.3 is 6.18 Å². The Morgan fingerprint density at radius 3 is 2.41 bits per heavy atom. The second kappa shape index (κ2) is 6.92. The lowest BCUT2D eigenvalue weighted by molar-refractivity contribution is -0.160. The molecule has 2 aliphatic rings. The van der Waals surface area contributed by atoms with Crippen molar-refractivity contribution in [2.75, 3.05) is 26.2 Å². The molecule has 9 heteroatoms. The summed E-state index contributed by atoms with van der Waals surface area (Å²) < 4.78 is 39.0. The average Bonchev–Trinajstić information content (AvgIpc) is 2.82. The number of rotatable bonds is 4. The highest BCUT2D eigenvalue weighted by Gasteiger charge is 2.44. The summed E-state index contributed by atoms with van der Waals surface area (Å²) in [6.07, 6.45) is -3.95. The number of carbonyl (C=O) groups excluding carboxylic acids is 1. The van der Waals surface area contributed by atoms with E-state index in [0.29, 0.717) is 26.1 Å². The van der Waals surface area contributed by atoms with Crippen LogP contribution in [0.3, 0.4) is 0 Å². The monoisotopic (exact) mass is 386 g/mol. The molecule has 1 aromatic rings. The molecule has 0 spiro atoms. The largest absolute Gasteiger partial charge is 0.406 e. The van der Waals surface area contributed by atoms with Crippen LogP contribution in [0.2, 0.25) is 0 Å². The molecule has 2 fully saturated rings. The molecule has 2 saturated heterocycles. The zero-order chi connectivity index (χ0) is 20.0. The molecule has 1 atom stereocenters. The Kier molecular flexibility index (Phi) is 5.09. The molecule has 3 rings (SSSR count). The van der Waals surface area contributed by atoms with Gasteiger partial charge in [-0.25, -0.2) is 4.68 Å². The molecule has 0 aromatic carbocycles. The second-order valence-electron chi connectivity index (χ2n) is 8.49. The van der Waals surface area contributed by atoms with E-state index in [-0.39, 0.29) is 23.4 Å². The molecular formula is C18H25F3N4O2. The third kappa shape index (κ3) is 4.51. The third-order valence-electron chi connectivity index (χ3n) is 5.13. The highest BCUT2D eigenvalue weighted by atomic mass is 19.4. The van der Waals surface area contributed by atoms with Crippen LogP contribution in [-0.2, 0) is 16.8 Å². The molecule has 3 heterocycles. The summed E-state index contributed by atoms with van der Waals surface area (Å²) in [6, 6.07) is 2.77. The fourth-order valence-electron chi connectivity index (χ4n) is 3.64. The quantitative estimate of drug-likeness (QED) is 0.789. The highest BCUT2D eigenvalue weighted by Crippen LogP contribution is 2.28. The van der Waals surface area contributed by atoms with E-state index in [1.54, 1.807) is 6.07 Å². The molecule has 0 bridgehead atoms. The van der Waals surface area contributed by atoms with Gasteiger partial charge < -0.3 is 4.90 Å². The maximum absolute atomic E-state index is 12.5. The number of aromatic nitrogens is 2. The van der Waals surface area contributed by atoms with Crippen molar-refractivity contribution in [1.82, 2.24) is 19.6 Å². The Hall–Kier alpha value is -1.90. The molecule has 1 unspecified atom stereocenters. The van der Waals surface area contributed by atoms with Crippen LogP contribution < -0.4 is 5.56 Å². The van der Waals surface area contributed by atoms with Crippen molar-refractivity contribution in [2.45, 2.75) is 51.4 Å². The molecule has 150 valence electrons. The second-order valence-corrected chi connectivity index (χ2v) is 8.49. The first-order valence-corrected chi connectivity index (χ1v) is 9.12. The maximum atomic E-state index is 12.5. The smallest absolute Gasteiger partial charge is 0.332 e. The SMILES string of the molecule is CC(C)(C)c1ccc(=O)n(CC2CN(C3CCN(CC(F)(F)F)C3=O)C2)n1. The van der Waals surface area contributed by atoms with Crippen molar-refractivity contribution >= 4 is 5.91 Å². The van der Waals surface area contributed by atoms with Crippen LogP contribution in [0.5, 0.6) is 0 Å². The minimum absolute atomic E-state index is 0.138. The van der Waals surface area contributed by atoms with Gasteiger partial charge in [-0.15, -0.1) is 0 Å². The number of likely N-dealkylation sites (tertiary alicyclic amines) is 2. The number of hydrogen-bond donors (Lipinski definition) is 0. The maximum Gasteiger partial charge on any atom is 0.406 e. The topological polar surface area (TPSA) is 58.4 Å². The van der Waals surface area contributed by atoms with Crippen LogP contribution in [-0.4, -0.2) is 63.9 Å². The van der Waals surface area contributed by atoms with Gasteiger partial charge in [-0.05, 0) is 12.5 Å². The number of nitrogens with zero attached hydrogens (tertiary/aromatic N) is 4. The van der Waals surface area contributed by atoms with Gasteiger partial charge in [0.1, 0.15) is 6.54 Å². The van der Waals surface area contributed by atoms with Crippen molar-refractivity contribution in [3.8, 4) is 0 Å². The first-order chi connectivity index (χ1) is 12.4. The Morgan fingerprint density at radius 2 is 1.81 bits per heavy atom. The van der Waals surface area contributed by atoms with E-state index < -0.39 is 24.7 Å². The summed E-state index contributed by atoms with van der Waals surface area (Å²) in [5.74, 6) is -0.286. The summed E-state index contributed by atoms with van der Waals surface area (Å²) in [5, 5.41) is 4.44. The van der Waals surface area contributed by atoms with Crippen molar-refractivity contribution in [1.29, 1.82) is 0 Å².